The second-order valence-corrected chi connectivity index (χ2v) is 6.29. The summed E-state index contributed by atoms with van der Waals surface area (Å²) in [6.45, 7) is 7.09. The smallest absolute Gasteiger partial charge is 0.0388 e. The maximum Gasteiger partial charge on any atom is 0.0388 e. The van der Waals surface area contributed by atoms with E-state index in [1.54, 1.807) is 0 Å². The molecule has 0 amide bonds. The van der Waals surface area contributed by atoms with Gasteiger partial charge in [-0.05, 0) is 43.0 Å². The minimum Gasteiger partial charge on any atom is -0.306 e. The lowest BCUT2D eigenvalue weighted by Crippen LogP contribution is -2.43. The average molecular weight is 237 g/mol. The fourth-order valence-corrected chi connectivity index (χ4v) is 3.66. The summed E-state index contributed by atoms with van der Waals surface area (Å²) in [5, 5.41) is 6.00. The second kappa shape index (κ2) is 5.33. The molecule has 1 aromatic rings. The van der Waals surface area contributed by atoms with E-state index >= 15 is 0 Å². The van der Waals surface area contributed by atoms with Gasteiger partial charge in [0.2, 0.25) is 0 Å². The van der Waals surface area contributed by atoms with Crippen molar-refractivity contribution < 1.29 is 0 Å². The largest absolute Gasteiger partial charge is 0.306 e. The fraction of sp³-hybridized carbons (Fsp3) is 0.714. The topological polar surface area (TPSA) is 12.0 Å². The Morgan fingerprint density at radius 2 is 2.00 bits per heavy atom. The lowest BCUT2D eigenvalue weighted by Gasteiger charge is -2.37. The van der Waals surface area contributed by atoms with Crippen molar-refractivity contribution in [3.8, 4) is 0 Å². The second-order valence-electron chi connectivity index (χ2n) is 5.32. The van der Waals surface area contributed by atoms with E-state index in [2.05, 4.69) is 43.6 Å². The molecule has 1 N–H and O–H groups in total. The van der Waals surface area contributed by atoms with Crippen LogP contribution in [-0.2, 0) is 0 Å². The number of hydrogen-bond donors (Lipinski definition) is 1. The Labute approximate surface area is 103 Å². The van der Waals surface area contributed by atoms with Crippen LogP contribution in [0.5, 0.6) is 0 Å². The van der Waals surface area contributed by atoms with Crippen LogP contribution in [0.25, 0.3) is 0 Å². The van der Waals surface area contributed by atoms with Crippen molar-refractivity contribution in [1.82, 2.24) is 5.32 Å². The van der Waals surface area contributed by atoms with Gasteiger partial charge in [0.05, 0.1) is 0 Å². The summed E-state index contributed by atoms with van der Waals surface area (Å²) in [5.41, 5.74) is 0. The highest BCUT2D eigenvalue weighted by molar-refractivity contribution is 7.10. The Balaban J connectivity index is 1.97. The summed E-state index contributed by atoms with van der Waals surface area (Å²) < 4.78 is 0. The van der Waals surface area contributed by atoms with Crippen LogP contribution in [-0.4, -0.2) is 6.04 Å². The van der Waals surface area contributed by atoms with E-state index in [-0.39, 0.29) is 0 Å². The molecular weight excluding hydrogens is 214 g/mol. The monoisotopic (exact) mass is 237 g/mol. The van der Waals surface area contributed by atoms with E-state index in [1.807, 2.05) is 11.3 Å². The molecule has 3 unspecified atom stereocenters. The molecule has 1 aliphatic carbocycles. The van der Waals surface area contributed by atoms with Gasteiger partial charge in [-0.2, -0.15) is 0 Å². The third kappa shape index (κ3) is 2.67. The summed E-state index contributed by atoms with van der Waals surface area (Å²) in [7, 11) is 0. The summed E-state index contributed by atoms with van der Waals surface area (Å²) in [6, 6.07) is 5.59. The Kier molecular flexibility index (Phi) is 4.04. The van der Waals surface area contributed by atoms with Gasteiger partial charge in [0.25, 0.3) is 0 Å². The zero-order valence-electron chi connectivity index (χ0n) is 10.6. The number of thiophene rings is 1. The molecule has 3 atom stereocenters. The summed E-state index contributed by atoms with van der Waals surface area (Å²) in [4.78, 5) is 1.46. The van der Waals surface area contributed by atoms with E-state index in [4.69, 9.17) is 0 Å². The predicted octanol–water partition coefficient (Wildman–Crippen LogP) is 4.22. The molecule has 90 valence electrons. The highest BCUT2D eigenvalue weighted by atomic mass is 32.1. The molecule has 2 rings (SSSR count). The predicted molar refractivity (Wildman–Crippen MR) is 71.8 cm³/mol. The molecule has 1 heterocycles. The quantitative estimate of drug-likeness (QED) is 0.830. The van der Waals surface area contributed by atoms with Crippen molar-refractivity contribution in [2.75, 3.05) is 0 Å². The molecule has 0 spiro atoms. The molecule has 1 aromatic heterocycles. The molecule has 1 fully saturated rings. The molecule has 16 heavy (non-hydrogen) atoms. The van der Waals surface area contributed by atoms with E-state index in [0.29, 0.717) is 12.1 Å². The van der Waals surface area contributed by atoms with Crippen LogP contribution in [0.1, 0.15) is 51.0 Å². The first-order chi connectivity index (χ1) is 7.68. The maximum atomic E-state index is 3.83. The highest BCUT2D eigenvalue weighted by Gasteiger charge is 2.28. The molecule has 1 nitrogen and oxygen atoms in total. The number of nitrogens with one attached hydrogen (secondary N) is 1. The Morgan fingerprint density at radius 1 is 1.31 bits per heavy atom. The normalized spacial score (nSPS) is 32.6. The molecule has 0 saturated heterocycles. The van der Waals surface area contributed by atoms with Gasteiger partial charge >= 0.3 is 0 Å². The van der Waals surface area contributed by atoms with E-state index in [0.717, 1.165) is 11.8 Å². The molecule has 0 radical (unpaired) electrons. The van der Waals surface area contributed by atoms with Crippen molar-refractivity contribution in [2.24, 2.45) is 11.8 Å². The highest BCUT2D eigenvalue weighted by Crippen LogP contribution is 2.31. The summed E-state index contributed by atoms with van der Waals surface area (Å²) >= 11 is 1.86. The van der Waals surface area contributed by atoms with Crippen LogP contribution in [0.3, 0.4) is 0 Å². The Hall–Kier alpha value is -0.340. The van der Waals surface area contributed by atoms with Gasteiger partial charge in [-0.15, -0.1) is 11.3 Å². The van der Waals surface area contributed by atoms with E-state index in [9.17, 15) is 0 Å². The molecule has 0 bridgehead atoms. The van der Waals surface area contributed by atoms with Crippen LogP contribution in [0.2, 0.25) is 0 Å². The van der Waals surface area contributed by atoms with Crippen LogP contribution >= 0.6 is 11.3 Å². The Morgan fingerprint density at radius 3 is 2.56 bits per heavy atom. The van der Waals surface area contributed by atoms with Gasteiger partial charge in [0.1, 0.15) is 0 Å². The number of rotatable bonds is 3. The van der Waals surface area contributed by atoms with E-state index < -0.39 is 0 Å². The molecule has 1 saturated carbocycles. The summed E-state index contributed by atoms with van der Waals surface area (Å²) in [5.74, 6) is 1.65. The van der Waals surface area contributed by atoms with Crippen LogP contribution in [0.15, 0.2) is 17.5 Å². The van der Waals surface area contributed by atoms with Crippen molar-refractivity contribution >= 4 is 11.3 Å². The number of hydrogen-bond acceptors (Lipinski definition) is 2. The minimum atomic E-state index is 0.507. The van der Waals surface area contributed by atoms with Crippen molar-refractivity contribution in [2.45, 2.75) is 52.1 Å². The third-order valence-electron chi connectivity index (χ3n) is 3.96. The van der Waals surface area contributed by atoms with Gasteiger partial charge < -0.3 is 5.32 Å². The van der Waals surface area contributed by atoms with Crippen molar-refractivity contribution in [1.29, 1.82) is 0 Å². The zero-order valence-corrected chi connectivity index (χ0v) is 11.4. The van der Waals surface area contributed by atoms with Gasteiger partial charge in [-0.25, -0.2) is 0 Å². The maximum absolute atomic E-state index is 3.83. The first kappa shape index (κ1) is 12.1. The lowest BCUT2D eigenvalue weighted by atomic mass is 9.78. The zero-order chi connectivity index (χ0) is 11.5. The van der Waals surface area contributed by atoms with Crippen molar-refractivity contribution in [3.05, 3.63) is 22.4 Å². The van der Waals surface area contributed by atoms with Gasteiger partial charge in [-0.3, -0.25) is 0 Å². The molecule has 1 aliphatic rings. The first-order valence-corrected chi connectivity index (χ1v) is 7.36. The van der Waals surface area contributed by atoms with Gasteiger partial charge in [0.15, 0.2) is 0 Å². The average Bonchev–Trinajstić information content (AvgIpc) is 2.76. The van der Waals surface area contributed by atoms with Gasteiger partial charge in [-0.1, -0.05) is 26.3 Å². The molecule has 0 aromatic carbocycles. The summed E-state index contributed by atoms with van der Waals surface area (Å²) in [6.07, 6.45) is 4.19. The van der Waals surface area contributed by atoms with Crippen molar-refractivity contribution in [3.63, 3.8) is 0 Å². The van der Waals surface area contributed by atoms with Crippen LogP contribution in [0.4, 0.5) is 0 Å². The van der Waals surface area contributed by atoms with E-state index in [1.165, 1.54) is 24.1 Å². The first-order valence-electron chi connectivity index (χ1n) is 6.48. The lowest BCUT2D eigenvalue weighted by molar-refractivity contribution is 0.196. The van der Waals surface area contributed by atoms with Crippen LogP contribution < -0.4 is 5.32 Å². The molecule has 0 aliphatic heterocycles. The molecule has 2 heteroatoms. The SMILES string of the molecule is CC(NC1C(C)CCCC1C)c1cccs1. The minimum absolute atomic E-state index is 0.507. The van der Waals surface area contributed by atoms with Gasteiger partial charge in [0, 0.05) is 17.0 Å². The Bertz CT molecular complexity index is 297. The standard InChI is InChI=1S/C14H23NS/c1-10-6-4-7-11(2)14(10)15-12(3)13-8-5-9-16-13/h5,8-12,14-15H,4,6-7H2,1-3H3. The van der Waals surface area contributed by atoms with Crippen LogP contribution in [0, 0.1) is 11.8 Å². The third-order valence-corrected chi connectivity index (χ3v) is 5.01. The fourth-order valence-electron chi connectivity index (χ4n) is 2.92. The molecular formula is C14H23NS.